The van der Waals surface area contributed by atoms with Crippen LogP contribution in [0.5, 0.6) is 0 Å². The van der Waals surface area contributed by atoms with Crippen LogP contribution in [0.4, 0.5) is 0 Å². The molecule has 3 rings (SSSR count). The van der Waals surface area contributed by atoms with Gasteiger partial charge < -0.3 is 9.16 Å². The van der Waals surface area contributed by atoms with Crippen LogP contribution in [0.25, 0.3) is 0 Å². The van der Waals surface area contributed by atoms with Crippen LogP contribution in [0.15, 0.2) is 35.5 Å². The first-order valence-corrected chi connectivity index (χ1v) is 18.7. The topological polar surface area (TPSA) is 35.5 Å². The molecule has 0 heterocycles. The molecular formula is C35H60O3Si. The Hall–Kier alpha value is -0.973. The molecule has 4 heteroatoms. The largest absolute Gasteiger partial charge is 0.410 e. The van der Waals surface area contributed by atoms with Gasteiger partial charge >= 0.3 is 0 Å². The number of ketones is 1. The monoisotopic (exact) mass is 556 g/mol. The lowest BCUT2D eigenvalue weighted by Crippen LogP contribution is -2.45. The average molecular weight is 557 g/mol. The average Bonchev–Trinajstić information content (AvgIpc) is 3.16. The Morgan fingerprint density at radius 3 is 2.44 bits per heavy atom. The molecule has 0 saturated heterocycles. The zero-order valence-electron chi connectivity index (χ0n) is 27.3. The van der Waals surface area contributed by atoms with Crippen LogP contribution in [-0.4, -0.2) is 33.4 Å². The highest BCUT2D eigenvalue weighted by atomic mass is 28.4. The highest BCUT2D eigenvalue weighted by molar-refractivity contribution is 6.74. The Labute approximate surface area is 242 Å². The van der Waals surface area contributed by atoms with Gasteiger partial charge in [0, 0.05) is 5.41 Å². The molecule has 0 radical (unpaired) electrons. The number of carbonyl (C=O) groups is 1. The van der Waals surface area contributed by atoms with Crippen molar-refractivity contribution in [3.8, 4) is 0 Å². The summed E-state index contributed by atoms with van der Waals surface area (Å²) in [5.41, 5.74) is 4.25. The lowest BCUT2D eigenvalue weighted by Gasteiger charge is -2.44. The smallest absolute Gasteiger partial charge is 0.192 e. The molecule has 0 amide bonds. The summed E-state index contributed by atoms with van der Waals surface area (Å²) in [4.78, 5) is 12.3. The minimum Gasteiger partial charge on any atom is -0.410 e. The molecular weight excluding hydrogens is 496 g/mol. The lowest BCUT2D eigenvalue weighted by atomic mass is 9.61. The fraction of sp³-hybridized carbons (Fsp3) is 0.800. The fourth-order valence-corrected chi connectivity index (χ4v) is 8.53. The summed E-state index contributed by atoms with van der Waals surface area (Å²) in [6, 6.07) is 0. The standard InChI is InChI=1S/C35H60O3Si/c1-24-20-28(26(3)31(21-24)38-39(11,12)34(7,8)9)16-15-27-14-13-19-35(10)29(17-18-30(27)35)25(2)22-37-23-32(36)33(4,5)6/h15-16,24-25,29-31H,3,13-14,17-23H2,1-2,4-12H3/b27-15+,28-16-/t24-,25-,29-,30+,31+,35-/m1/s1. The van der Waals surface area contributed by atoms with Gasteiger partial charge in [0.05, 0.1) is 12.7 Å². The molecule has 222 valence electrons. The predicted molar refractivity (Wildman–Crippen MR) is 168 cm³/mol. The van der Waals surface area contributed by atoms with Gasteiger partial charge in [0.1, 0.15) is 6.61 Å². The van der Waals surface area contributed by atoms with E-state index >= 15 is 0 Å². The third-order valence-corrected chi connectivity index (χ3v) is 15.4. The number of hydrogen-bond acceptors (Lipinski definition) is 3. The first-order valence-electron chi connectivity index (χ1n) is 15.7. The molecule has 0 aliphatic heterocycles. The van der Waals surface area contributed by atoms with Crippen LogP contribution in [0.1, 0.15) is 107 Å². The van der Waals surface area contributed by atoms with Crippen molar-refractivity contribution in [2.45, 2.75) is 131 Å². The molecule has 0 spiro atoms. The Kier molecular flexibility index (Phi) is 10.1. The summed E-state index contributed by atoms with van der Waals surface area (Å²) in [5.74, 6) is 2.58. The Bertz CT molecular complexity index is 959. The molecule has 3 fully saturated rings. The third-order valence-electron chi connectivity index (χ3n) is 10.9. The van der Waals surface area contributed by atoms with Crippen molar-refractivity contribution in [2.24, 2.45) is 34.5 Å². The van der Waals surface area contributed by atoms with Crippen LogP contribution >= 0.6 is 0 Å². The van der Waals surface area contributed by atoms with Gasteiger partial charge in [-0.2, -0.15) is 0 Å². The Balaban J connectivity index is 1.71. The maximum atomic E-state index is 12.3. The molecule has 3 saturated carbocycles. The number of carbonyl (C=O) groups excluding carboxylic acids is 1. The number of Topliss-reactive ketones (excluding diaryl/α,β-unsaturated/α-hetero) is 1. The first kappa shape index (κ1) is 32.5. The molecule has 0 bridgehead atoms. The summed E-state index contributed by atoms with van der Waals surface area (Å²) >= 11 is 0. The van der Waals surface area contributed by atoms with Gasteiger partial charge in [-0.1, -0.05) is 86.6 Å². The van der Waals surface area contributed by atoms with Crippen LogP contribution in [0.2, 0.25) is 18.1 Å². The second-order valence-electron chi connectivity index (χ2n) is 16.1. The van der Waals surface area contributed by atoms with Crippen molar-refractivity contribution in [1.29, 1.82) is 0 Å². The van der Waals surface area contributed by atoms with Crippen LogP contribution in [0, 0.1) is 34.5 Å². The van der Waals surface area contributed by atoms with Crippen LogP contribution < -0.4 is 0 Å². The summed E-state index contributed by atoms with van der Waals surface area (Å²) in [6.45, 7) is 30.4. The number of hydrogen-bond donors (Lipinski definition) is 0. The van der Waals surface area contributed by atoms with Gasteiger partial charge in [0.25, 0.3) is 0 Å². The zero-order valence-corrected chi connectivity index (χ0v) is 28.3. The molecule has 3 aliphatic carbocycles. The highest BCUT2D eigenvalue weighted by Crippen LogP contribution is 2.59. The van der Waals surface area contributed by atoms with E-state index in [0.29, 0.717) is 35.7 Å². The molecule has 0 aromatic heterocycles. The summed E-state index contributed by atoms with van der Waals surface area (Å²) in [6.07, 6.45) is 13.6. The van der Waals surface area contributed by atoms with E-state index in [-0.39, 0.29) is 28.9 Å². The molecule has 0 N–H and O–H groups in total. The van der Waals surface area contributed by atoms with Crippen molar-refractivity contribution < 1.29 is 14.0 Å². The van der Waals surface area contributed by atoms with E-state index in [1.807, 2.05) is 20.8 Å². The van der Waals surface area contributed by atoms with E-state index < -0.39 is 8.32 Å². The van der Waals surface area contributed by atoms with E-state index in [4.69, 9.17) is 9.16 Å². The van der Waals surface area contributed by atoms with Crippen molar-refractivity contribution in [3.63, 3.8) is 0 Å². The molecule has 3 aliphatic rings. The van der Waals surface area contributed by atoms with Gasteiger partial charge in [-0.3, -0.25) is 4.79 Å². The Morgan fingerprint density at radius 2 is 1.82 bits per heavy atom. The lowest BCUT2D eigenvalue weighted by molar-refractivity contribution is -0.131. The minimum absolute atomic E-state index is 0.151. The number of allylic oxidation sites excluding steroid dienone is 3. The van der Waals surface area contributed by atoms with Crippen LogP contribution in [-0.2, 0) is 14.0 Å². The normalized spacial score (nSPS) is 33.5. The molecule has 6 atom stereocenters. The molecule has 0 unspecified atom stereocenters. The van der Waals surface area contributed by atoms with Crippen molar-refractivity contribution in [2.75, 3.05) is 13.2 Å². The Morgan fingerprint density at radius 1 is 1.15 bits per heavy atom. The highest BCUT2D eigenvalue weighted by Gasteiger charge is 2.50. The molecule has 0 aromatic carbocycles. The maximum Gasteiger partial charge on any atom is 0.192 e. The number of fused-ring (bicyclic) bond motifs is 1. The quantitative estimate of drug-likeness (QED) is 0.279. The number of rotatable bonds is 8. The van der Waals surface area contributed by atoms with Crippen molar-refractivity contribution >= 4 is 14.1 Å². The van der Waals surface area contributed by atoms with E-state index in [2.05, 4.69) is 73.4 Å². The van der Waals surface area contributed by atoms with Gasteiger partial charge in [-0.05, 0) is 103 Å². The molecule has 3 nitrogen and oxygen atoms in total. The fourth-order valence-electron chi connectivity index (χ4n) is 7.22. The van der Waals surface area contributed by atoms with Gasteiger partial charge in [0.2, 0.25) is 0 Å². The first-order chi connectivity index (χ1) is 17.9. The maximum absolute atomic E-state index is 12.3. The summed E-state index contributed by atoms with van der Waals surface area (Å²) < 4.78 is 12.9. The second-order valence-corrected chi connectivity index (χ2v) is 20.9. The van der Waals surface area contributed by atoms with Crippen LogP contribution in [0.3, 0.4) is 0 Å². The van der Waals surface area contributed by atoms with E-state index in [1.165, 1.54) is 43.3 Å². The molecule has 39 heavy (non-hydrogen) atoms. The van der Waals surface area contributed by atoms with Gasteiger partial charge in [0.15, 0.2) is 14.1 Å². The van der Waals surface area contributed by atoms with Crippen molar-refractivity contribution in [1.82, 2.24) is 0 Å². The van der Waals surface area contributed by atoms with Gasteiger partial charge in [-0.15, -0.1) is 0 Å². The van der Waals surface area contributed by atoms with E-state index in [0.717, 1.165) is 12.8 Å². The second kappa shape index (κ2) is 12.1. The molecule has 0 aromatic rings. The SMILES string of the molecule is C=C1/C(=C\C=C2/CCC[C@]3(C)[C@@H]([C@H](C)COCC(=O)C(C)(C)C)CC[C@@H]23)C[C@@H](C)C[C@@H]1O[Si](C)(C)C(C)(C)C. The predicted octanol–water partition coefficient (Wildman–Crippen LogP) is 9.70. The van der Waals surface area contributed by atoms with Gasteiger partial charge in [-0.25, -0.2) is 0 Å². The minimum atomic E-state index is -1.85. The van der Waals surface area contributed by atoms with E-state index in [9.17, 15) is 4.79 Å². The summed E-state index contributed by atoms with van der Waals surface area (Å²) in [5, 5.41) is 0.204. The van der Waals surface area contributed by atoms with E-state index in [1.54, 1.807) is 5.57 Å². The third kappa shape index (κ3) is 7.46. The summed E-state index contributed by atoms with van der Waals surface area (Å²) in [7, 11) is -1.85. The zero-order chi connectivity index (χ0) is 29.4. The van der Waals surface area contributed by atoms with Crippen molar-refractivity contribution in [3.05, 3.63) is 35.5 Å². The number of ether oxygens (including phenoxy) is 1.